The third kappa shape index (κ3) is 3.85. The third-order valence-corrected chi connectivity index (χ3v) is 5.14. The van der Waals surface area contributed by atoms with Crippen LogP contribution in [0.5, 0.6) is 11.5 Å². The van der Waals surface area contributed by atoms with Crippen molar-refractivity contribution in [3.8, 4) is 22.6 Å². The van der Waals surface area contributed by atoms with E-state index in [4.69, 9.17) is 13.9 Å². The maximum Gasteiger partial charge on any atom is 0.344 e. The van der Waals surface area contributed by atoms with Gasteiger partial charge >= 0.3 is 5.63 Å². The fourth-order valence-electron chi connectivity index (χ4n) is 3.43. The van der Waals surface area contributed by atoms with Crippen LogP contribution in [0.15, 0.2) is 82.5 Å². The average molecular weight is 398 g/mol. The van der Waals surface area contributed by atoms with Crippen LogP contribution in [0, 0.1) is 6.92 Å². The molecule has 4 heteroatoms. The van der Waals surface area contributed by atoms with Crippen LogP contribution in [0.3, 0.4) is 0 Å². The number of rotatable bonds is 6. The third-order valence-electron chi connectivity index (χ3n) is 5.14. The van der Waals surface area contributed by atoms with Gasteiger partial charge < -0.3 is 13.9 Å². The van der Waals surface area contributed by atoms with Gasteiger partial charge in [0, 0.05) is 11.5 Å². The lowest BCUT2D eigenvalue weighted by atomic mass is 9.99. The van der Waals surface area contributed by atoms with E-state index in [1.54, 1.807) is 19.3 Å². The minimum Gasteiger partial charge on any atom is -0.497 e. The van der Waals surface area contributed by atoms with Crippen molar-refractivity contribution in [2.75, 3.05) is 7.11 Å². The molecule has 30 heavy (non-hydrogen) atoms. The molecule has 0 unspecified atom stereocenters. The second-order valence-electron chi connectivity index (χ2n) is 7.01. The zero-order valence-corrected chi connectivity index (χ0v) is 17.0. The first-order valence-electron chi connectivity index (χ1n) is 9.65. The van der Waals surface area contributed by atoms with Crippen LogP contribution >= 0.6 is 0 Å². The predicted molar refractivity (Wildman–Crippen MR) is 120 cm³/mol. The molecule has 0 aliphatic heterocycles. The smallest absolute Gasteiger partial charge is 0.344 e. The minimum atomic E-state index is -0.373. The Bertz CT molecular complexity index is 1250. The van der Waals surface area contributed by atoms with Crippen molar-refractivity contribution in [2.24, 2.45) is 0 Å². The molecule has 0 saturated heterocycles. The van der Waals surface area contributed by atoms with E-state index < -0.39 is 0 Å². The Labute approximate surface area is 175 Å². The Morgan fingerprint density at radius 2 is 1.67 bits per heavy atom. The predicted octanol–water partition coefficient (Wildman–Crippen LogP) is 6.00. The highest BCUT2D eigenvalue weighted by atomic mass is 16.5. The zero-order chi connectivity index (χ0) is 21.1. The molecule has 4 nitrogen and oxygen atoms in total. The Balaban J connectivity index is 1.63. The normalized spacial score (nSPS) is 10.7. The van der Waals surface area contributed by atoms with Crippen molar-refractivity contribution in [1.29, 1.82) is 0 Å². The summed E-state index contributed by atoms with van der Waals surface area (Å²) in [5, 5.41) is 0.878. The van der Waals surface area contributed by atoms with Crippen LogP contribution in [0.25, 0.3) is 28.2 Å². The molecule has 3 aromatic carbocycles. The number of hydrogen-bond donors (Lipinski definition) is 0. The molecule has 4 aromatic rings. The summed E-state index contributed by atoms with van der Waals surface area (Å²) in [5.74, 6) is 1.39. The molecular weight excluding hydrogens is 376 g/mol. The molecule has 0 aliphatic carbocycles. The van der Waals surface area contributed by atoms with Crippen molar-refractivity contribution < 1.29 is 13.9 Å². The molecule has 0 aliphatic rings. The Kier molecular flexibility index (Phi) is 5.40. The number of methoxy groups -OCH3 is 1. The zero-order valence-electron chi connectivity index (χ0n) is 17.0. The van der Waals surface area contributed by atoms with E-state index in [0.29, 0.717) is 23.5 Å². The second kappa shape index (κ2) is 8.29. The Morgan fingerprint density at radius 3 is 2.33 bits per heavy atom. The summed E-state index contributed by atoms with van der Waals surface area (Å²) in [6.07, 6.45) is 1.80. The summed E-state index contributed by atoms with van der Waals surface area (Å²) in [5.41, 5.74) is 4.48. The lowest BCUT2D eigenvalue weighted by Gasteiger charge is -2.11. The largest absolute Gasteiger partial charge is 0.497 e. The first-order valence-corrected chi connectivity index (χ1v) is 9.65. The molecule has 4 rings (SSSR count). The Morgan fingerprint density at radius 1 is 0.967 bits per heavy atom. The van der Waals surface area contributed by atoms with Gasteiger partial charge in [0.15, 0.2) is 0 Å². The van der Waals surface area contributed by atoms with Gasteiger partial charge in [-0.2, -0.15) is 0 Å². The second-order valence-corrected chi connectivity index (χ2v) is 7.01. The van der Waals surface area contributed by atoms with Crippen molar-refractivity contribution >= 4 is 17.0 Å². The van der Waals surface area contributed by atoms with E-state index in [1.165, 1.54) is 0 Å². The molecule has 1 heterocycles. The fourth-order valence-corrected chi connectivity index (χ4v) is 3.43. The summed E-state index contributed by atoms with van der Waals surface area (Å²) in [6, 6.07) is 21.0. The van der Waals surface area contributed by atoms with Gasteiger partial charge in [-0.15, -0.1) is 0 Å². The van der Waals surface area contributed by atoms with Crippen LogP contribution in [0.1, 0.15) is 16.7 Å². The van der Waals surface area contributed by atoms with Gasteiger partial charge in [-0.3, -0.25) is 0 Å². The van der Waals surface area contributed by atoms with Gasteiger partial charge in [0.25, 0.3) is 0 Å². The number of aryl methyl sites for hydroxylation is 1. The summed E-state index contributed by atoms with van der Waals surface area (Å²) >= 11 is 0. The lowest BCUT2D eigenvalue weighted by molar-refractivity contribution is 0.306. The van der Waals surface area contributed by atoms with Crippen molar-refractivity contribution in [3.63, 3.8) is 0 Å². The SMILES string of the molecule is C=Cc1ccc(COc2ccc3c(C)c(-c4ccc(OC)cc4)c(=O)oc3c2)cc1. The molecule has 0 bridgehead atoms. The fraction of sp³-hybridized carbons (Fsp3) is 0.115. The number of ether oxygens (including phenoxy) is 2. The van der Waals surface area contributed by atoms with Crippen LogP contribution < -0.4 is 15.1 Å². The molecule has 0 saturated carbocycles. The molecule has 0 spiro atoms. The number of benzene rings is 3. The maximum absolute atomic E-state index is 12.7. The van der Waals surface area contributed by atoms with E-state index in [1.807, 2.05) is 67.6 Å². The highest BCUT2D eigenvalue weighted by molar-refractivity contribution is 5.87. The summed E-state index contributed by atoms with van der Waals surface area (Å²) in [6.45, 7) is 6.12. The van der Waals surface area contributed by atoms with Gasteiger partial charge in [0.05, 0.1) is 12.7 Å². The Hall–Kier alpha value is -3.79. The van der Waals surface area contributed by atoms with Crippen LogP contribution in [0.4, 0.5) is 0 Å². The topological polar surface area (TPSA) is 48.7 Å². The van der Waals surface area contributed by atoms with E-state index in [9.17, 15) is 4.79 Å². The monoisotopic (exact) mass is 398 g/mol. The summed E-state index contributed by atoms with van der Waals surface area (Å²) < 4.78 is 16.7. The molecule has 0 atom stereocenters. The van der Waals surface area contributed by atoms with Crippen molar-refractivity contribution in [1.82, 2.24) is 0 Å². The molecule has 0 fully saturated rings. The van der Waals surface area contributed by atoms with Crippen molar-refractivity contribution in [3.05, 3.63) is 100 Å². The van der Waals surface area contributed by atoms with Gasteiger partial charge in [-0.25, -0.2) is 4.79 Å². The first kappa shape index (κ1) is 19.5. The minimum absolute atomic E-state index is 0.373. The first-order chi connectivity index (χ1) is 14.6. The van der Waals surface area contributed by atoms with Crippen LogP contribution in [-0.2, 0) is 6.61 Å². The highest BCUT2D eigenvalue weighted by Crippen LogP contribution is 2.30. The molecule has 0 N–H and O–H groups in total. The molecular formula is C26H22O4. The van der Waals surface area contributed by atoms with E-state index in [0.717, 1.165) is 33.4 Å². The maximum atomic E-state index is 12.7. The average Bonchev–Trinajstić information content (AvgIpc) is 2.78. The van der Waals surface area contributed by atoms with Gasteiger partial charge in [0.1, 0.15) is 23.7 Å². The van der Waals surface area contributed by atoms with Crippen LogP contribution in [-0.4, -0.2) is 7.11 Å². The lowest BCUT2D eigenvalue weighted by Crippen LogP contribution is -2.06. The van der Waals surface area contributed by atoms with Gasteiger partial charge in [0.2, 0.25) is 0 Å². The van der Waals surface area contributed by atoms with Crippen LogP contribution in [0.2, 0.25) is 0 Å². The summed E-state index contributed by atoms with van der Waals surface area (Å²) in [7, 11) is 1.61. The van der Waals surface area contributed by atoms with E-state index in [-0.39, 0.29) is 5.63 Å². The standard InChI is InChI=1S/C26H22O4/c1-4-18-5-7-19(8-6-18)16-29-22-13-14-23-17(2)25(26(27)30-24(23)15-22)20-9-11-21(28-3)12-10-20/h4-15H,1,16H2,2-3H3. The highest BCUT2D eigenvalue weighted by Gasteiger charge is 2.14. The molecule has 1 aromatic heterocycles. The number of hydrogen-bond acceptors (Lipinski definition) is 4. The van der Waals surface area contributed by atoms with Gasteiger partial charge in [-0.05, 0) is 53.4 Å². The molecule has 150 valence electrons. The van der Waals surface area contributed by atoms with Gasteiger partial charge in [-0.1, -0.05) is 49.1 Å². The molecule has 0 amide bonds. The van der Waals surface area contributed by atoms with E-state index >= 15 is 0 Å². The molecule has 0 radical (unpaired) electrons. The number of fused-ring (bicyclic) bond motifs is 1. The summed E-state index contributed by atoms with van der Waals surface area (Å²) in [4.78, 5) is 12.7. The van der Waals surface area contributed by atoms with E-state index in [2.05, 4.69) is 6.58 Å². The quantitative estimate of drug-likeness (QED) is 0.374. The van der Waals surface area contributed by atoms with Crippen molar-refractivity contribution in [2.45, 2.75) is 13.5 Å².